The van der Waals surface area contributed by atoms with E-state index in [9.17, 15) is 4.79 Å². The van der Waals surface area contributed by atoms with E-state index in [1.54, 1.807) is 12.4 Å². The molecule has 0 spiro atoms. The largest absolute Gasteiger partial charge is 0.493 e. The summed E-state index contributed by atoms with van der Waals surface area (Å²) in [4.78, 5) is 11.2. The second-order valence-electron chi connectivity index (χ2n) is 4.51. The van der Waals surface area contributed by atoms with Gasteiger partial charge in [0.1, 0.15) is 5.75 Å². The van der Waals surface area contributed by atoms with Crippen molar-refractivity contribution < 1.29 is 4.74 Å². The zero-order valence-corrected chi connectivity index (χ0v) is 9.87. The highest BCUT2D eigenvalue weighted by molar-refractivity contribution is 5.40. The number of para-hydroxylation sites is 1. The van der Waals surface area contributed by atoms with Gasteiger partial charge in [0.2, 0.25) is 5.43 Å². The van der Waals surface area contributed by atoms with Gasteiger partial charge in [-0.3, -0.25) is 4.79 Å². The molecule has 2 N–H and O–H groups in total. The van der Waals surface area contributed by atoms with Crippen LogP contribution in [-0.4, -0.2) is 11.2 Å². The average molecular weight is 242 g/mol. The van der Waals surface area contributed by atoms with E-state index < -0.39 is 0 Å². The number of aromatic nitrogens is 1. The Morgan fingerprint density at radius 1 is 1.33 bits per heavy atom. The van der Waals surface area contributed by atoms with Crippen molar-refractivity contribution in [2.45, 2.75) is 12.5 Å². The molecule has 1 aliphatic heterocycles. The van der Waals surface area contributed by atoms with Gasteiger partial charge in [-0.25, -0.2) is 0 Å². The number of nitrogens with two attached hydrogens (primary N) is 1. The lowest BCUT2D eigenvalue weighted by atomic mass is 10.0. The predicted molar refractivity (Wildman–Crippen MR) is 69.8 cm³/mol. The number of hydrogen-bond acceptors (Lipinski definition) is 3. The van der Waals surface area contributed by atoms with E-state index >= 15 is 0 Å². The van der Waals surface area contributed by atoms with Crippen LogP contribution in [0.2, 0.25) is 0 Å². The number of nitrogens with zero attached hydrogens (tertiary/aromatic N) is 1. The van der Waals surface area contributed by atoms with Crippen molar-refractivity contribution in [1.29, 1.82) is 0 Å². The maximum absolute atomic E-state index is 11.2. The lowest BCUT2D eigenvalue weighted by Crippen LogP contribution is -2.15. The highest BCUT2D eigenvalue weighted by atomic mass is 16.5. The summed E-state index contributed by atoms with van der Waals surface area (Å²) in [5, 5.41) is 0. The normalized spacial score (nSPS) is 17.2. The molecule has 3 rings (SSSR count). The van der Waals surface area contributed by atoms with Crippen LogP contribution in [0, 0.1) is 0 Å². The predicted octanol–water partition coefficient (Wildman–Crippen LogP) is 1.61. The number of fused-ring (bicyclic) bond motifs is 1. The molecule has 0 bridgehead atoms. The fourth-order valence-electron chi connectivity index (χ4n) is 2.29. The topological polar surface area (TPSA) is 57.2 Å². The van der Waals surface area contributed by atoms with Crippen molar-refractivity contribution in [2.75, 3.05) is 12.3 Å². The summed E-state index contributed by atoms with van der Waals surface area (Å²) in [6.07, 6.45) is 3.45. The zero-order chi connectivity index (χ0) is 12.5. The van der Waals surface area contributed by atoms with Gasteiger partial charge in [0.25, 0.3) is 0 Å². The molecule has 0 saturated heterocycles. The number of benzene rings is 1. The molecular formula is C14H14N2O2. The minimum absolute atomic E-state index is 0.130. The van der Waals surface area contributed by atoms with Gasteiger partial charge < -0.3 is 15.0 Å². The molecule has 18 heavy (non-hydrogen) atoms. The van der Waals surface area contributed by atoms with Crippen molar-refractivity contribution in [3.63, 3.8) is 0 Å². The molecule has 92 valence electrons. The molecule has 2 aromatic rings. The molecular weight excluding hydrogens is 228 g/mol. The van der Waals surface area contributed by atoms with E-state index in [4.69, 9.17) is 10.5 Å². The first kappa shape index (κ1) is 10.9. The van der Waals surface area contributed by atoms with Gasteiger partial charge in [-0.05, 0) is 6.07 Å². The third kappa shape index (κ3) is 1.86. The van der Waals surface area contributed by atoms with Gasteiger partial charge >= 0.3 is 0 Å². The fraction of sp³-hybridized carbons (Fsp3) is 0.214. The van der Waals surface area contributed by atoms with Crippen LogP contribution in [0.4, 0.5) is 5.69 Å². The summed E-state index contributed by atoms with van der Waals surface area (Å²) in [6, 6.07) is 9.55. The van der Waals surface area contributed by atoms with Crippen LogP contribution in [0.15, 0.2) is 47.5 Å². The Hall–Kier alpha value is -2.23. The van der Waals surface area contributed by atoms with Crippen molar-refractivity contribution in [3.8, 4) is 5.75 Å². The number of anilines is 1. The number of rotatable bonds is 2. The summed E-state index contributed by atoms with van der Waals surface area (Å²) >= 11 is 0. The Labute approximate surface area is 105 Å². The first-order valence-electron chi connectivity index (χ1n) is 5.91. The van der Waals surface area contributed by atoms with E-state index in [2.05, 4.69) is 6.07 Å². The second kappa shape index (κ2) is 4.22. The molecule has 1 aromatic heterocycles. The Balaban J connectivity index is 1.86. The minimum Gasteiger partial charge on any atom is -0.493 e. The lowest BCUT2D eigenvalue weighted by molar-refractivity contribution is 0.319. The summed E-state index contributed by atoms with van der Waals surface area (Å²) < 4.78 is 7.57. The fourth-order valence-corrected chi connectivity index (χ4v) is 2.29. The minimum atomic E-state index is -0.130. The molecule has 4 nitrogen and oxygen atoms in total. The van der Waals surface area contributed by atoms with Crippen molar-refractivity contribution in [3.05, 3.63) is 58.5 Å². The Morgan fingerprint density at radius 3 is 3.00 bits per heavy atom. The van der Waals surface area contributed by atoms with E-state index in [-0.39, 0.29) is 11.1 Å². The number of nitrogen functional groups attached to an aromatic ring is 1. The van der Waals surface area contributed by atoms with Gasteiger partial charge in [-0.1, -0.05) is 18.2 Å². The number of hydrogen-bond donors (Lipinski definition) is 1. The molecule has 0 amide bonds. The average Bonchev–Trinajstić information content (AvgIpc) is 2.78. The zero-order valence-electron chi connectivity index (χ0n) is 9.87. The van der Waals surface area contributed by atoms with Crippen LogP contribution in [0.25, 0.3) is 0 Å². The lowest BCUT2D eigenvalue weighted by Gasteiger charge is -2.12. The SMILES string of the molecule is Nc1cn(CC2COc3ccccc32)ccc1=O. The molecule has 1 aromatic carbocycles. The van der Waals surface area contributed by atoms with Crippen LogP contribution in [0.3, 0.4) is 0 Å². The van der Waals surface area contributed by atoms with E-state index in [0.29, 0.717) is 12.5 Å². The summed E-state index contributed by atoms with van der Waals surface area (Å²) in [6.45, 7) is 1.44. The maximum Gasteiger partial charge on any atom is 0.204 e. The van der Waals surface area contributed by atoms with E-state index in [0.717, 1.165) is 12.3 Å². The third-order valence-electron chi connectivity index (χ3n) is 3.24. The Bertz CT molecular complexity index is 634. The summed E-state index contributed by atoms with van der Waals surface area (Å²) in [7, 11) is 0. The number of ether oxygens (including phenoxy) is 1. The maximum atomic E-state index is 11.2. The Kier molecular flexibility index (Phi) is 2.55. The van der Waals surface area contributed by atoms with E-state index in [1.807, 2.05) is 22.8 Å². The molecule has 2 heterocycles. The molecule has 0 aliphatic carbocycles. The molecule has 0 saturated carbocycles. The standard InChI is InChI=1S/C14H14N2O2/c15-12-8-16(6-5-13(12)17)7-10-9-18-14-4-2-1-3-11(10)14/h1-6,8,10H,7,9,15H2. The molecule has 1 aliphatic rings. The van der Waals surface area contributed by atoms with Crippen LogP contribution >= 0.6 is 0 Å². The smallest absolute Gasteiger partial charge is 0.204 e. The molecule has 4 heteroatoms. The van der Waals surface area contributed by atoms with Crippen LogP contribution in [-0.2, 0) is 6.54 Å². The van der Waals surface area contributed by atoms with E-state index in [1.165, 1.54) is 11.6 Å². The number of pyridine rings is 1. The summed E-state index contributed by atoms with van der Waals surface area (Å²) in [5.74, 6) is 1.26. The van der Waals surface area contributed by atoms with Crippen molar-refractivity contribution in [1.82, 2.24) is 4.57 Å². The van der Waals surface area contributed by atoms with Gasteiger partial charge in [0.05, 0.1) is 12.3 Å². The Morgan fingerprint density at radius 2 is 2.17 bits per heavy atom. The quantitative estimate of drug-likeness (QED) is 0.870. The van der Waals surface area contributed by atoms with Crippen LogP contribution < -0.4 is 15.9 Å². The highest BCUT2D eigenvalue weighted by Crippen LogP contribution is 2.34. The second-order valence-corrected chi connectivity index (χ2v) is 4.51. The monoisotopic (exact) mass is 242 g/mol. The molecule has 0 fully saturated rings. The van der Waals surface area contributed by atoms with Crippen molar-refractivity contribution >= 4 is 5.69 Å². The van der Waals surface area contributed by atoms with Crippen LogP contribution in [0.5, 0.6) is 5.75 Å². The van der Waals surface area contributed by atoms with Crippen molar-refractivity contribution in [2.24, 2.45) is 0 Å². The first-order valence-corrected chi connectivity index (χ1v) is 5.91. The summed E-state index contributed by atoms with van der Waals surface area (Å²) in [5.41, 5.74) is 6.99. The highest BCUT2D eigenvalue weighted by Gasteiger charge is 2.23. The molecule has 1 unspecified atom stereocenters. The van der Waals surface area contributed by atoms with Gasteiger partial charge in [0.15, 0.2) is 0 Å². The molecule has 1 atom stereocenters. The van der Waals surface area contributed by atoms with Gasteiger partial charge in [-0.15, -0.1) is 0 Å². The first-order chi connectivity index (χ1) is 8.74. The van der Waals surface area contributed by atoms with Crippen LogP contribution in [0.1, 0.15) is 11.5 Å². The van der Waals surface area contributed by atoms with Gasteiger partial charge in [-0.2, -0.15) is 0 Å². The molecule has 0 radical (unpaired) electrons. The third-order valence-corrected chi connectivity index (χ3v) is 3.24. The van der Waals surface area contributed by atoms with Gasteiger partial charge in [0, 0.05) is 36.5 Å².